The van der Waals surface area contributed by atoms with Gasteiger partial charge in [-0.2, -0.15) is 0 Å². The average Bonchev–Trinajstić information content (AvgIpc) is 3.09. The molecule has 7 heteroatoms. The lowest BCUT2D eigenvalue weighted by molar-refractivity contribution is 0.288. The zero-order valence-corrected chi connectivity index (χ0v) is 17.2. The minimum Gasteiger partial charge on any atom is -0.497 e. The molecule has 0 atom stereocenters. The number of methoxy groups -OCH3 is 1. The third-order valence-corrected chi connectivity index (χ3v) is 5.57. The minimum absolute atomic E-state index is 0.363. The Kier molecular flexibility index (Phi) is 6.63. The van der Waals surface area contributed by atoms with Gasteiger partial charge >= 0.3 is 0 Å². The van der Waals surface area contributed by atoms with Gasteiger partial charge in [0.2, 0.25) is 0 Å². The van der Waals surface area contributed by atoms with Crippen molar-refractivity contribution in [1.29, 1.82) is 0 Å². The molecule has 0 saturated heterocycles. The maximum absolute atomic E-state index is 6.06. The Labute approximate surface area is 168 Å². The van der Waals surface area contributed by atoms with Crippen LogP contribution in [0.25, 0.3) is 0 Å². The highest BCUT2D eigenvalue weighted by Crippen LogP contribution is 2.25. The van der Waals surface area contributed by atoms with Gasteiger partial charge in [-0.15, -0.1) is 10.2 Å². The van der Waals surface area contributed by atoms with Crippen LogP contribution in [0.3, 0.4) is 0 Å². The van der Waals surface area contributed by atoms with Gasteiger partial charge in [-0.1, -0.05) is 35.5 Å². The van der Waals surface area contributed by atoms with Gasteiger partial charge in [-0.25, -0.2) is 0 Å². The number of ether oxygens (including phenoxy) is 2. The summed E-state index contributed by atoms with van der Waals surface area (Å²) >= 11 is 7.71. The molecule has 0 N–H and O–H groups in total. The molecule has 1 aromatic heterocycles. The van der Waals surface area contributed by atoms with Crippen LogP contribution in [0.4, 0.5) is 0 Å². The van der Waals surface area contributed by atoms with Gasteiger partial charge in [0.25, 0.3) is 0 Å². The summed E-state index contributed by atoms with van der Waals surface area (Å²) in [4.78, 5) is 0. The molecular formula is C20H22ClN3O2S. The van der Waals surface area contributed by atoms with Crippen molar-refractivity contribution < 1.29 is 9.47 Å². The zero-order chi connectivity index (χ0) is 19.2. The summed E-state index contributed by atoms with van der Waals surface area (Å²) in [6, 6.07) is 13.7. The summed E-state index contributed by atoms with van der Waals surface area (Å²) < 4.78 is 13.2. The second-order valence-corrected chi connectivity index (χ2v) is 7.33. The highest BCUT2D eigenvalue weighted by molar-refractivity contribution is 7.98. The van der Waals surface area contributed by atoms with Crippen LogP contribution >= 0.6 is 23.4 Å². The second-order valence-electron chi connectivity index (χ2n) is 5.98. The predicted octanol–water partition coefficient (Wildman–Crippen LogP) is 5.14. The van der Waals surface area contributed by atoms with Gasteiger partial charge in [-0.05, 0) is 55.3 Å². The summed E-state index contributed by atoms with van der Waals surface area (Å²) in [5, 5.41) is 10.2. The van der Waals surface area contributed by atoms with Crippen LogP contribution in [0.15, 0.2) is 47.6 Å². The molecule has 27 heavy (non-hydrogen) atoms. The maximum Gasteiger partial charge on any atom is 0.191 e. The molecular weight excluding hydrogens is 382 g/mol. The highest BCUT2D eigenvalue weighted by Gasteiger charge is 2.12. The van der Waals surface area contributed by atoms with Crippen LogP contribution in [0.2, 0.25) is 5.02 Å². The fourth-order valence-electron chi connectivity index (χ4n) is 2.62. The van der Waals surface area contributed by atoms with Crippen LogP contribution in [-0.4, -0.2) is 21.9 Å². The topological polar surface area (TPSA) is 49.2 Å². The Hall–Kier alpha value is -2.18. The molecule has 5 nitrogen and oxygen atoms in total. The predicted molar refractivity (Wildman–Crippen MR) is 109 cm³/mol. The summed E-state index contributed by atoms with van der Waals surface area (Å²) in [6.07, 6.45) is 0. The molecule has 3 aromatic rings. The maximum atomic E-state index is 6.06. The van der Waals surface area contributed by atoms with Crippen molar-refractivity contribution in [2.24, 2.45) is 0 Å². The van der Waals surface area contributed by atoms with E-state index < -0.39 is 0 Å². The summed E-state index contributed by atoms with van der Waals surface area (Å²) in [5.41, 5.74) is 2.17. The molecule has 0 aliphatic heterocycles. The molecule has 0 bridgehead atoms. The Morgan fingerprint density at radius 1 is 1.11 bits per heavy atom. The number of benzene rings is 2. The molecule has 0 radical (unpaired) electrons. The number of hydrogen-bond donors (Lipinski definition) is 0. The fraction of sp³-hybridized carbons (Fsp3) is 0.300. The van der Waals surface area contributed by atoms with E-state index >= 15 is 0 Å². The van der Waals surface area contributed by atoms with Crippen LogP contribution < -0.4 is 9.47 Å². The van der Waals surface area contributed by atoms with Crippen LogP contribution in [0.5, 0.6) is 11.5 Å². The Morgan fingerprint density at radius 2 is 1.96 bits per heavy atom. The highest BCUT2D eigenvalue weighted by atomic mass is 35.5. The van der Waals surface area contributed by atoms with Crippen molar-refractivity contribution in [3.05, 3.63) is 64.4 Å². The molecule has 0 spiro atoms. The quantitative estimate of drug-likeness (QED) is 0.487. The monoisotopic (exact) mass is 403 g/mol. The molecule has 0 amide bonds. The molecule has 0 unspecified atom stereocenters. The first-order valence-electron chi connectivity index (χ1n) is 8.67. The van der Waals surface area contributed by atoms with Gasteiger partial charge in [0.1, 0.15) is 18.1 Å². The third-order valence-electron chi connectivity index (χ3n) is 4.11. The van der Waals surface area contributed by atoms with E-state index in [9.17, 15) is 0 Å². The first-order chi connectivity index (χ1) is 13.1. The van der Waals surface area contributed by atoms with Gasteiger partial charge in [0.15, 0.2) is 11.0 Å². The summed E-state index contributed by atoms with van der Waals surface area (Å²) in [6.45, 7) is 5.18. The largest absolute Gasteiger partial charge is 0.497 e. The van der Waals surface area contributed by atoms with Crippen molar-refractivity contribution in [2.45, 2.75) is 37.9 Å². The SMILES string of the molecule is CCn1c(COc2ccc(Cl)c(C)c2)nnc1SCc1cccc(OC)c1. The van der Waals surface area contributed by atoms with Crippen molar-refractivity contribution in [2.75, 3.05) is 7.11 Å². The first-order valence-corrected chi connectivity index (χ1v) is 10.0. The lowest BCUT2D eigenvalue weighted by Crippen LogP contribution is -2.07. The van der Waals surface area contributed by atoms with E-state index in [1.807, 2.05) is 43.3 Å². The van der Waals surface area contributed by atoms with E-state index in [1.165, 1.54) is 5.56 Å². The van der Waals surface area contributed by atoms with E-state index in [1.54, 1.807) is 18.9 Å². The van der Waals surface area contributed by atoms with E-state index in [0.717, 1.165) is 45.4 Å². The van der Waals surface area contributed by atoms with E-state index in [2.05, 4.69) is 27.8 Å². The third kappa shape index (κ3) is 4.96. The number of hydrogen-bond acceptors (Lipinski definition) is 5. The standard InChI is InChI=1S/C20H22ClN3O2S/c1-4-24-19(12-26-17-8-9-18(21)14(2)10-17)22-23-20(24)27-13-15-6-5-7-16(11-15)25-3/h5-11H,4,12-13H2,1-3H3. The van der Waals surface area contributed by atoms with Crippen molar-refractivity contribution in [1.82, 2.24) is 14.8 Å². The molecule has 2 aromatic carbocycles. The van der Waals surface area contributed by atoms with Crippen molar-refractivity contribution in [3.63, 3.8) is 0 Å². The second kappa shape index (κ2) is 9.15. The lowest BCUT2D eigenvalue weighted by atomic mass is 10.2. The van der Waals surface area contributed by atoms with Crippen LogP contribution in [-0.2, 0) is 18.9 Å². The van der Waals surface area contributed by atoms with Gasteiger partial charge in [-0.3, -0.25) is 0 Å². The smallest absolute Gasteiger partial charge is 0.191 e. The molecule has 0 aliphatic rings. The number of rotatable bonds is 8. The molecule has 0 aliphatic carbocycles. The van der Waals surface area contributed by atoms with Crippen molar-refractivity contribution >= 4 is 23.4 Å². The summed E-state index contributed by atoms with van der Waals surface area (Å²) in [7, 11) is 1.68. The lowest BCUT2D eigenvalue weighted by Gasteiger charge is -2.10. The van der Waals surface area contributed by atoms with Gasteiger partial charge in [0, 0.05) is 17.3 Å². The Bertz CT molecular complexity index is 914. The first kappa shape index (κ1) is 19.6. The van der Waals surface area contributed by atoms with E-state index in [-0.39, 0.29) is 0 Å². The number of aryl methyl sites for hydroxylation is 1. The summed E-state index contributed by atoms with van der Waals surface area (Å²) in [5.74, 6) is 3.23. The molecule has 0 saturated carbocycles. The zero-order valence-electron chi connectivity index (χ0n) is 15.6. The average molecular weight is 404 g/mol. The fourth-order valence-corrected chi connectivity index (χ4v) is 3.70. The van der Waals surface area contributed by atoms with Crippen LogP contribution in [0.1, 0.15) is 23.9 Å². The minimum atomic E-state index is 0.363. The number of nitrogens with zero attached hydrogens (tertiary/aromatic N) is 3. The molecule has 1 heterocycles. The van der Waals surface area contributed by atoms with E-state index in [4.69, 9.17) is 21.1 Å². The Balaban J connectivity index is 1.65. The van der Waals surface area contributed by atoms with Crippen LogP contribution in [0, 0.1) is 6.92 Å². The molecule has 0 fully saturated rings. The van der Waals surface area contributed by atoms with E-state index in [0.29, 0.717) is 6.61 Å². The number of thioether (sulfide) groups is 1. The number of halogens is 1. The van der Waals surface area contributed by atoms with Crippen molar-refractivity contribution in [3.8, 4) is 11.5 Å². The number of aromatic nitrogens is 3. The molecule has 142 valence electrons. The van der Waals surface area contributed by atoms with Gasteiger partial charge < -0.3 is 14.0 Å². The van der Waals surface area contributed by atoms with Gasteiger partial charge in [0.05, 0.1) is 7.11 Å². The Morgan fingerprint density at radius 3 is 2.70 bits per heavy atom. The normalized spacial score (nSPS) is 10.8. The molecule has 3 rings (SSSR count).